The lowest BCUT2D eigenvalue weighted by molar-refractivity contribution is -0.0584. The maximum atomic E-state index is 11.9. The Morgan fingerprint density at radius 1 is 1.29 bits per heavy atom. The van der Waals surface area contributed by atoms with Crippen molar-refractivity contribution in [1.29, 1.82) is 0 Å². The molecule has 2 fully saturated rings. The van der Waals surface area contributed by atoms with E-state index in [1.54, 1.807) is 12.1 Å². The molecule has 3 rings (SSSR count). The highest BCUT2D eigenvalue weighted by molar-refractivity contribution is 5.89. The molecule has 3 atom stereocenters. The van der Waals surface area contributed by atoms with Crippen LogP contribution >= 0.6 is 12.4 Å². The number of fused-ring (bicyclic) bond motifs is 2. The highest BCUT2D eigenvalue weighted by Gasteiger charge is 2.35. The number of ether oxygens (including phenoxy) is 2. The predicted octanol–water partition coefficient (Wildman–Crippen LogP) is 2.52. The zero-order valence-electron chi connectivity index (χ0n) is 12.2. The molecule has 2 heterocycles. The molecule has 21 heavy (non-hydrogen) atoms. The molecular formula is C16H22ClNO3. The third kappa shape index (κ3) is 3.96. The van der Waals surface area contributed by atoms with E-state index in [0.29, 0.717) is 24.4 Å². The van der Waals surface area contributed by atoms with Gasteiger partial charge < -0.3 is 9.47 Å². The van der Waals surface area contributed by atoms with Crippen LogP contribution in [0, 0.1) is 0 Å². The van der Waals surface area contributed by atoms with Gasteiger partial charge in [0.05, 0.1) is 17.8 Å². The SMILES string of the molecule is CC(COC(=O)c1ccccc1)N1CC2CCC(C1)O2.Cl. The molecule has 0 aliphatic carbocycles. The largest absolute Gasteiger partial charge is 0.460 e. The molecule has 0 amide bonds. The highest BCUT2D eigenvalue weighted by Crippen LogP contribution is 2.27. The van der Waals surface area contributed by atoms with Crippen molar-refractivity contribution in [2.75, 3.05) is 19.7 Å². The fourth-order valence-electron chi connectivity index (χ4n) is 2.97. The lowest BCUT2D eigenvalue weighted by Gasteiger charge is -2.36. The first-order valence-electron chi connectivity index (χ1n) is 7.34. The zero-order valence-corrected chi connectivity index (χ0v) is 13.1. The van der Waals surface area contributed by atoms with Crippen molar-refractivity contribution >= 4 is 18.4 Å². The first-order chi connectivity index (χ1) is 9.72. The number of nitrogens with zero attached hydrogens (tertiary/aromatic N) is 1. The molecular weight excluding hydrogens is 290 g/mol. The number of likely N-dealkylation sites (tertiary alicyclic amines) is 1. The van der Waals surface area contributed by atoms with Gasteiger partial charge in [-0.3, -0.25) is 4.90 Å². The van der Waals surface area contributed by atoms with E-state index in [0.717, 1.165) is 25.9 Å². The standard InChI is InChI=1S/C16H21NO3.ClH/c1-12(17-9-14-7-8-15(10-17)20-14)11-19-16(18)13-5-3-2-4-6-13;/h2-6,12,14-15H,7-11H2,1H3;1H. The summed E-state index contributed by atoms with van der Waals surface area (Å²) in [5.41, 5.74) is 0.613. The van der Waals surface area contributed by atoms with Gasteiger partial charge in [-0.15, -0.1) is 12.4 Å². The van der Waals surface area contributed by atoms with E-state index in [1.165, 1.54) is 0 Å². The number of rotatable bonds is 4. The van der Waals surface area contributed by atoms with E-state index in [-0.39, 0.29) is 24.4 Å². The average Bonchev–Trinajstić information content (AvgIpc) is 2.83. The molecule has 1 aromatic rings. The Kier molecular flexibility index (Phi) is 5.62. The Labute approximate surface area is 131 Å². The molecule has 5 heteroatoms. The minimum Gasteiger partial charge on any atom is -0.460 e. The number of carbonyl (C=O) groups is 1. The second kappa shape index (κ2) is 7.25. The lowest BCUT2D eigenvalue weighted by Crippen LogP contribution is -2.48. The molecule has 0 aromatic heterocycles. The molecule has 0 N–H and O–H groups in total. The van der Waals surface area contributed by atoms with E-state index in [4.69, 9.17) is 9.47 Å². The number of carbonyl (C=O) groups excluding carboxylic acids is 1. The van der Waals surface area contributed by atoms with Crippen molar-refractivity contribution in [1.82, 2.24) is 4.90 Å². The first-order valence-corrected chi connectivity index (χ1v) is 7.34. The van der Waals surface area contributed by atoms with E-state index in [1.807, 2.05) is 18.2 Å². The summed E-state index contributed by atoms with van der Waals surface area (Å²) in [5.74, 6) is -0.242. The highest BCUT2D eigenvalue weighted by atomic mass is 35.5. The molecule has 116 valence electrons. The molecule has 0 spiro atoms. The summed E-state index contributed by atoms with van der Waals surface area (Å²) < 4.78 is 11.2. The summed E-state index contributed by atoms with van der Waals surface area (Å²) in [6.45, 7) is 4.47. The van der Waals surface area contributed by atoms with Crippen LogP contribution in [0.2, 0.25) is 0 Å². The van der Waals surface area contributed by atoms with Gasteiger partial charge in [-0.1, -0.05) is 18.2 Å². The Morgan fingerprint density at radius 3 is 2.52 bits per heavy atom. The van der Waals surface area contributed by atoms with E-state index in [2.05, 4.69) is 11.8 Å². The molecule has 2 bridgehead atoms. The Morgan fingerprint density at radius 2 is 1.90 bits per heavy atom. The second-order valence-corrected chi connectivity index (χ2v) is 5.72. The number of hydrogen-bond donors (Lipinski definition) is 0. The Balaban J connectivity index is 0.00000161. The number of benzene rings is 1. The molecule has 1 aromatic carbocycles. The number of hydrogen-bond acceptors (Lipinski definition) is 4. The van der Waals surface area contributed by atoms with Gasteiger partial charge in [0.1, 0.15) is 6.61 Å². The molecule has 2 saturated heterocycles. The van der Waals surface area contributed by atoms with Crippen molar-refractivity contribution in [2.24, 2.45) is 0 Å². The number of morpholine rings is 1. The smallest absolute Gasteiger partial charge is 0.338 e. The maximum absolute atomic E-state index is 11.9. The quantitative estimate of drug-likeness (QED) is 0.801. The predicted molar refractivity (Wildman–Crippen MR) is 82.9 cm³/mol. The second-order valence-electron chi connectivity index (χ2n) is 5.72. The zero-order chi connectivity index (χ0) is 13.9. The molecule has 4 nitrogen and oxygen atoms in total. The Hall–Kier alpha value is -1.10. The maximum Gasteiger partial charge on any atom is 0.338 e. The van der Waals surface area contributed by atoms with Crippen molar-refractivity contribution in [3.63, 3.8) is 0 Å². The Bertz CT molecular complexity index is 456. The average molecular weight is 312 g/mol. The van der Waals surface area contributed by atoms with Crippen molar-refractivity contribution in [3.05, 3.63) is 35.9 Å². The lowest BCUT2D eigenvalue weighted by atomic mass is 10.2. The van der Waals surface area contributed by atoms with Crippen LogP contribution in [-0.4, -0.2) is 48.8 Å². The van der Waals surface area contributed by atoms with Gasteiger partial charge in [-0.05, 0) is 31.9 Å². The minimum atomic E-state index is -0.242. The van der Waals surface area contributed by atoms with Crippen LogP contribution in [0.4, 0.5) is 0 Å². The molecule has 2 aliphatic rings. The van der Waals surface area contributed by atoms with Gasteiger partial charge in [0.2, 0.25) is 0 Å². The topological polar surface area (TPSA) is 38.8 Å². The van der Waals surface area contributed by atoms with Crippen LogP contribution in [0.25, 0.3) is 0 Å². The summed E-state index contributed by atoms with van der Waals surface area (Å²) in [4.78, 5) is 14.3. The fraction of sp³-hybridized carbons (Fsp3) is 0.562. The summed E-state index contributed by atoms with van der Waals surface area (Å²) in [6.07, 6.45) is 3.08. The monoisotopic (exact) mass is 311 g/mol. The van der Waals surface area contributed by atoms with E-state index >= 15 is 0 Å². The van der Waals surface area contributed by atoms with Crippen molar-refractivity contribution < 1.29 is 14.3 Å². The summed E-state index contributed by atoms with van der Waals surface area (Å²) >= 11 is 0. The van der Waals surface area contributed by atoms with Gasteiger partial charge in [0.15, 0.2) is 0 Å². The fourth-order valence-corrected chi connectivity index (χ4v) is 2.97. The van der Waals surface area contributed by atoms with E-state index < -0.39 is 0 Å². The minimum absolute atomic E-state index is 0. The van der Waals surface area contributed by atoms with Crippen LogP contribution in [0.15, 0.2) is 30.3 Å². The van der Waals surface area contributed by atoms with E-state index in [9.17, 15) is 4.79 Å². The summed E-state index contributed by atoms with van der Waals surface area (Å²) in [5, 5.41) is 0. The molecule has 3 unspecified atom stereocenters. The third-order valence-corrected chi connectivity index (χ3v) is 4.16. The van der Waals surface area contributed by atoms with Crippen LogP contribution in [0.1, 0.15) is 30.1 Å². The molecule has 0 saturated carbocycles. The van der Waals surface area contributed by atoms with Crippen LogP contribution in [0.5, 0.6) is 0 Å². The van der Waals surface area contributed by atoms with Gasteiger partial charge >= 0.3 is 5.97 Å². The summed E-state index contributed by atoms with van der Waals surface area (Å²) in [6, 6.07) is 9.39. The van der Waals surface area contributed by atoms with Gasteiger partial charge in [-0.2, -0.15) is 0 Å². The van der Waals surface area contributed by atoms with Crippen molar-refractivity contribution in [3.8, 4) is 0 Å². The third-order valence-electron chi connectivity index (χ3n) is 4.16. The van der Waals surface area contributed by atoms with Crippen molar-refractivity contribution in [2.45, 2.75) is 38.0 Å². The van der Waals surface area contributed by atoms with Crippen LogP contribution < -0.4 is 0 Å². The van der Waals surface area contributed by atoms with Crippen LogP contribution in [0.3, 0.4) is 0 Å². The molecule has 2 aliphatic heterocycles. The first kappa shape index (κ1) is 16.3. The van der Waals surface area contributed by atoms with Gasteiger partial charge in [0.25, 0.3) is 0 Å². The normalized spacial score (nSPS) is 26.0. The van der Waals surface area contributed by atoms with Gasteiger partial charge in [0, 0.05) is 19.1 Å². The van der Waals surface area contributed by atoms with Gasteiger partial charge in [-0.25, -0.2) is 4.79 Å². The summed E-state index contributed by atoms with van der Waals surface area (Å²) in [7, 11) is 0. The van der Waals surface area contributed by atoms with Crippen LogP contribution in [-0.2, 0) is 9.47 Å². The number of esters is 1. The molecule has 0 radical (unpaired) electrons. The number of halogens is 1.